The van der Waals surface area contributed by atoms with Crippen LogP contribution in [0.4, 0.5) is 0 Å². The molecule has 0 saturated heterocycles. The minimum absolute atomic E-state index is 0. The van der Waals surface area contributed by atoms with E-state index in [-0.39, 0.29) is 24.0 Å². The molecule has 1 aromatic carbocycles. The van der Waals surface area contributed by atoms with Crippen molar-refractivity contribution in [1.82, 2.24) is 10.6 Å². The molecule has 0 aliphatic rings. The van der Waals surface area contributed by atoms with Crippen molar-refractivity contribution in [2.45, 2.75) is 46.3 Å². The van der Waals surface area contributed by atoms with Gasteiger partial charge in [0, 0.05) is 40.0 Å². The topological polar surface area (TPSA) is 54.9 Å². The van der Waals surface area contributed by atoms with Crippen molar-refractivity contribution in [1.29, 1.82) is 0 Å². The maximum atomic E-state index is 5.55. The Morgan fingerprint density at radius 2 is 1.64 bits per heavy atom. The number of guanidine groups is 1. The molecule has 0 saturated carbocycles. The molecule has 0 amide bonds. The molecule has 0 aliphatic carbocycles. The second kappa shape index (κ2) is 16.6. The number of nitrogens with one attached hydrogen (secondary N) is 2. The van der Waals surface area contributed by atoms with Crippen molar-refractivity contribution in [3.05, 3.63) is 35.4 Å². The molecule has 0 radical (unpaired) electrons. The minimum Gasteiger partial charge on any atom is -0.381 e. The molecule has 25 heavy (non-hydrogen) atoms. The van der Waals surface area contributed by atoms with Gasteiger partial charge in [0.05, 0.1) is 6.61 Å². The van der Waals surface area contributed by atoms with Gasteiger partial charge < -0.3 is 20.1 Å². The van der Waals surface area contributed by atoms with Crippen LogP contribution < -0.4 is 10.6 Å². The monoisotopic (exact) mass is 463 g/mol. The fourth-order valence-electron chi connectivity index (χ4n) is 2.11. The van der Waals surface area contributed by atoms with Crippen LogP contribution in [0.15, 0.2) is 29.3 Å². The number of rotatable bonds is 12. The van der Waals surface area contributed by atoms with Crippen LogP contribution >= 0.6 is 24.0 Å². The smallest absolute Gasteiger partial charge is 0.191 e. The van der Waals surface area contributed by atoms with Gasteiger partial charge in [-0.2, -0.15) is 0 Å². The third-order valence-electron chi connectivity index (χ3n) is 3.58. The lowest BCUT2D eigenvalue weighted by atomic mass is 10.1. The molecule has 0 aliphatic heterocycles. The molecule has 1 aromatic rings. The van der Waals surface area contributed by atoms with E-state index in [1.807, 2.05) is 6.92 Å². The zero-order valence-electron chi connectivity index (χ0n) is 15.8. The average Bonchev–Trinajstić information content (AvgIpc) is 2.62. The predicted molar refractivity (Wildman–Crippen MR) is 116 cm³/mol. The standard InChI is InChI=1S/C19H33N3O2.HI/c1-4-6-13-24-14-7-12-21-19(20-3)22-15-17-8-10-18(11-9-17)16-23-5-2;/h8-11H,4-7,12-16H2,1-3H3,(H2,20,21,22);1H. The van der Waals surface area contributed by atoms with Gasteiger partial charge in [0.15, 0.2) is 5.96 Å². The van der Waals surface area contributed by atoms with Crippen molar-refractivity contribution in [2.75, 3.05) is 33.4 Å². The third-order valence-corrected chi connectivity index (χ3v) is 3.58. The number of benzene rings is 1. The highest BCUT2D eigenvalue weighted by atomic mass is 127. The maximum Gasteiger partial charge on any atom is 0.191 e. The van der Waals surface area contributed by atoms with Gasteiger partial charge in [-0.05, 0) is 30.9 Å². The number of halogens is 1. The first kappa shape index (κ1) is 24.1. The quantitative estimate of drug-likeness (QED) is 0.215. The van der Waals surface area contributed by atoms with E-state index >= 15 is 0 Å². The van der Waals surface area contributed by atoms with E-state index in [9.17, 15) is 0 Å². The molecule has 144 valence electrons. The van der Waals surface area contributed by atoms with Crippen molar-refractivity contribution in [3.63, 3.8) is 0 Å². The van der Waals surface area contributed by atoms with E-state index in [4.69, 9.17) is 9.47 Å². The minimum atomic E-state index is 0. The maximum absolute atomic E-state index is 5.55. The lowest BCUT2D eigenvalue weighted by Gasteiger charge is -2.12. The fraction of sp³-hybridized carbons (Fsp3) is 0.632. The molecule has 0 atom stereocenters. The Hall–Kier alpha value is -0.860. The molecular weight excluding hydrogens is 429 g/mol. The Kier molecular flexibility index (Phi) is 16.0. The van der Waals surface area contributed by atoms with Crippen molar-refractivity contribution < 1.29 is 9.47 Å². The van der Waals surface area contributed by atoms with E-state index < -0.39 is 0 Å². The number of hydrogen-bond acceptors (Lipinski definition) is 3. The fourth-order valence-corrected chi connectivity index (χ4v) is 2.11. The van der Waals surface area contributed by atoms with E-state index in [0.29, 0.717) is 6.61 Å². The van der Waals surface area contributed by atoms with Crippen molar-refractivity contribution in [3.8, 4) is 0 Å². The van der Waals surface area contributed by atoms with Crippen LogP contribution in [0.5, 0.6) is 0 Å². The molecule has 2 N–H and O–H groups in total. The Labute approximate surface area is 170 Å². The Morgan fingerprint density at radius 1 is 0.960 bits per heavy atom. The molecule has 0 unspecified atom stereocenters. The molecule has 6 heteroatoms. The van der Waals surface area contributed by atoms with Crippen LogP contribution in [0.25, 0.3) is 0 Å². The summed E-state index contributed by atoms with van der Waals surface area (Å²) in [7, 11) is 1.79. The number of hydrogen-bond donors (Lipinski definition) is 2. The number of aliphatic imine (C=N–C) groups is 1. The number of ether oxygens (including phenoxy) is 2. The number of nitrogens with zero attached hydrogens (tertiary/aromatic N) is 1. The van der Waals surface area contributed by atoms with Gasteiger partial charge in [0.1, 0.15) is 0 Å². The van der Waals surface area contributed by atoms with Gasteiger partial charge in [-0.3, -0.25) is 4.99 Å². The Balaban J connectivity index is 0.00000576. The second-order valence-electron chi connectivity index (χ2n) is 5.63. The van der Waals surface area contributed by atoms with Gasteiger partial charge in [0.2, 0.25) is 0 Å². The van der Waals surface area contributed by atoms with Crippen LogP contribution in [-0.2, 0) is 22.6 Å². The first-order valence-corrected chi connectivity index (χ1v) is 8.98. The third kappa shape index (κ3) is 12.2. The summed E-state index contributed by atoms with van der Waals surface area (Å²) < 4.78 is 11.0. The summed E-state index contributed by atoms with van der Waals surface area (Å²) in [6, 6.07) is 8.46. The van der Waals surface area contributed by atoms with Crippen LogP contribution in [0.2, 0.25) is 0 Å². The summed E-state index contributed by atoms with van der Waals surface area (Å²) in [5, 5.41) is 6.64. The van der Waals surface area contributed by atoms with Crippen LogP contribution in [-0.4, -0.2) is 39.4 Å². The normalized spacial score (nSPS) is 11.1. The van der Waals surface area contributed by atoms with Crippen LogP contribution in [0.1, 0.15) is 44.2 Å². The highest BCUT2D eigenvalue weighted by Crippen LogP contribution is 2.05. The molecule has 0 fully saturated rings. The molecule has 5 nitrogen and oxygen atoms in total. The Morgan fingerprint density at radius 3 is 2.28 bits per heavy atom. The lowest BCUT2D eigenvalue weighted by molar-refractivity contribution is 0.129. The van der Waals surface area contributed by atoms with Gasteiger partial charge in [-0.25, -0.2) is 0 Å². The zero-order valence-corrected chi connectivity index (χ0v) is 18.2. The van der Waals surface area contributed by atoms with E-state index in [2.05, 4.69) is 46.8 Å². The van der Waals surface area contributed by atoms with E-state index in [0.717, 1.165) is 51.7 Å². The van der Waals surface area contributed by atoms with Crippen molar-refractivity contribution >= 4 is 29.9 Å². The number of unbranched alkanes of at least 4 members (excludes halogenated alkanes) is 1. The summed E-state index contributed by atoms with van der Waals surface area (Å²) in [4.78, 5) is 4.24. The van der Waals surface area contributed by atoms with E-state index in [1.165, 1.54) is 17.5 Å². The summed E-state index contributed by atoms with van der Waals surface area (Å²) >= 11 is 0. The molecular formula is C19H34IN3O2. The predicted octanol–water partition coefficient (Wildman–Crippen LogP) is 3.71. The average molecular weight is 463 g/mol. The molecule has 0 bridgehead atoms. The summed E-state index contributed by atoms with van der Waals surface area (Å²) in [6.07, 6.45) is 3.30. The van der Waals surface area contributed by atoms with Crippen LogP contribution in [0, 0.1) is 0 Å². The summed E-state index contributed by atoms with van der Waals surface area (Å²) in [5.41, 5.74) is 2.42. The molecule has 0 aromatic heterocycles. The highest BCUT2D eigenvalue weighted by Gasteiger charge is 1.99. The van der Waals surface area contributed by atoms with Gasteiger partial charge in [0.25, 0.3) is 0 Å². The SMILES string of the molecule is CCCCOCCCNC(=NC)NCc1ccc(COCC)cc1.I. The zero-order chi connectivity index (χ0) is 17.5. The molecule has 0 heterocycles. The van der Waals surface area contributed by atoms with Crippen molar-refractivity contribution in [2.24, 2.45) is 4.99 Å². The largest absolute Gasteiger partial charge is 0.381 e. The van der Waals surface area contributed by atoms with E-state index in [1.54, 1.807) is 7.05 Å². The first-order valence-electron chi connectivity index (χ1n) is 8.98. The summed E-state index contributed by atoms with van der Waals surface area (Å²) in [5.74, 6) is 0.821. The van der Waals surface area contributed by atoms with Gasteiger partial charge in [-0.1, -0.05) is 37.6 Å². The highest BCUT2D eigenvalue weighted by molar-refractivity contribution is 14.0. The first-order chi connectivity index (χ1) is 11.8. The second-order valence-corrected chi connectivity index (χ2v) is 5.63. The molecule has 1 rings (SSSR count). The molecule has 0 spiro atoms. The Bertz CT molecular complexity index is 452. The van der Waals surface area contributed by atoms with Crippen LogP contribution in [0.3, 0.4) is 0 Å². The summed E-state index contributed by atoms with van der Waals surface area (Å²) in [6.45, 7) is 8.87. The lowest BCUT2D eigenvalue weighted by Crippen LogP contribution is -2.37. The van der Waals surface area contributed by atoms with Gasteiger partial charge in [-0.15, -0.1) is 24.0 Å². The van der Waals surface area contributed by atoms with Gasteiger partial charge >= 0.3 is 0 Å².